The Kier molecular flexibility index (Phi) is 6.32. The second-order valence-electron chi connectivity index (χ2n) is 5.71. The van der Waals surface area contributed by atoms with Crippen molar-refractivity contribution in [3.05, 3.63) is 64.5 Å². The average Bonchev–Trinajstić information content (AvgIpc) is 3.15. The molecular weight excluding hydrogens is 389 g/mol. The Labute approximate surface area is 166 Å². The number of carbonyl (C=O) groups is 1. The number of ether oxygens (including phenoxy) is 1. The topological polar surface area (TPSA) is 77.2 Å². The van der Waals surface area contributed by atoms with E-state index in [-0.39, 0.29) is 12.5 Å². The highest BCUT2D eigenvalue weighted by Gasteiger charge is 2.19. The molecule has 3 rings (SSSR count). The molecule has 2 aromatic carbocycles. The van der Waals surface area contributed by atoms with Gasteiger partial charge in [0.2, 0.25) is 11.7 Å². The van der Waals surface area contributed by atoms with Crippen molar-refractivity contribution in [3.8, 4) is 17.1 Å². The monoisotopic (exact) mass is 405 g/mol. The average molecular weight is 406 g/mol. The van der Waals surface area contributed by atoms with Gasteiger partial charge in [-0.05, 0) is 55.0 Å². The van der Waals surface area contributed by atoms with Gasteiger partial charge in [-0.2, -0.15) is 4.98 Å². The van der Waals surface area contributed by atoms with E-state index in [1.807, 2.05) is 6.92 Å². The molecule has 1 unspecified atom stereocenters. The molecule has 0 saturated heterocycles. The predicted octanol–water partition coefficient (Wildman–Crippen LogP) is 4.52. The van der Waals surface area contributed by atoms with Gasteiger partial charge in [-0.3, -0.25) is 4.79 Å². The summed E-state index contributed by atoms with van der Waals surface area (Å²) in [5.74, 6) is 1.04. The summed E-state index contributed by atoms with van der Waals surface area (Å²) in [7, 11) is 0. The number of amides is 1. The van der Waals surface area contributed by atoms with E-state index in [2.05, 4.69) is 15.5 Å². The second-order valence-corrected chi connectivity index (χ2v) is 6.58. The molecule has 0 aliphatic rings. The summed E-state index contributed by atoms with van der Waals surface area (Å²) in [5.41, 5.74) is 0.776. The number of aromatic nitrogens is 2. The first-order chi connectivity index (χ1) is 13.0. The lowest BCUT2D eigenvalue weighted by molar-refractivity contribution is -0.128. The number of benzene rings is 2. The first-order valence-electron chi connectivity index (χ1n) is 8.33. The third-order valence-electron chi connectivity index (χ3n) is 3.74. The van der Waals surface area contributed by atoms with Gasteiger partial charge in [0, 0.05) is 15.6 Å². The Bertz CT molecular complexity index is 895. The highest BCUT2D eigenvalue weighted by molar-refractivity contribution is 6.30. The lowest BCUT2D eigenvalue weighted by Crippen LogP contribution is -2.37. The van der Waals surface area contributed by atoms with E-state index >= 15 is 0 Å². The lowest BCUT2D eigenvalue weighted by Gasteiger charge is -2.16. The smallest absolute Gasteiger partial charge is 0.261 e. The fourth-order valence-corrected chi connectivity index (χ4v) is 2.57. The van der Waals surface area contributed by atoms with Crippen LogP contribution in [0.5, 0.6) is 5.75 Å². The number of rotatable bonds is 7. The van der Waals surface area contributed by atoms with Crippen LogP contribution in [-0.2, 0) is 11.3 Å². The number of hydrogen-bond donors (Lipinski definition) is 1. The molecule has 0 aliphatic carbocycles. The molecule has 1 N–H and O–H groups in total. The first-order valence-corrected chi connectivity index (χ1v) is 9.09. The van der Waals surface area contributed by atoms with Gasteiger partial charge in [0.25, 0.3) is 5.91 Å². The number of nitrogens with zero attached hydrogens (tertiary/aromatic N) is 2. The van der Waals surface area contributed by atoms with Crippen molar-refractivity contribution in [1.29, 1.82) is 0 Å². The third kappa shape index (κ3) is 5.21. The van der Waals surface area contributed by atoms with Crippen LogP contribution < -0.4 is 10.1 Å². The number of carbonyl (C=O) groups excluding carboxylic acids is 1. The van der Waals surface area contributed by atoms with Crippen molar-refractivity contribution in [3.63, 3.8) is 0 Å². The van der Waals surface area contributed by atoms with E-state index in [1.165, 1.54) is 0 Å². The SMILES string of the molecule is CCC(Oc1ccc(Cl)cc1)C(=O)NCc1nc(-c2ccc(Cl)cc2)no1. The molecule has 0 aliphatic heterocycles. The van der Waals surface area contributed by atoms with Crippen molar-refractivity contribution in [2.24, 2.45) is 0 Å². The van der Waals surface area contributed by atoms with E-state index < -0.39 is 6.10 Å². The summed E-state index contributed by atoms with van der Waals surface area (Å²) in [5, 5.41) is 7.89. The van der Waals surface area contributed by atoms with Crippen LogP contribution in [0.1, 0.15) is 19.2 Å². The van der Waals surface area contributed by atoms with Crippen molar-refractivity contribution >= 4 is 29.1 Å². The minimum atomic E-state index is -0.634. The van der Waals surface area contributed by atoms with Crippen LogP contribution in [0.25, 0.3) is 11.4 Å². The lowest BCUT2D eigenvalue weighted by atomic mass is 10.2. The molecule has 0 saturated carbocycles. The Morgan fingerprint density at radius 2 is 1.74 bits per heavy atom. The third-order valence-corrected chi connectivity index (χ3v) is 4.24. The fourth-order valence-electron chi connectivity index (χ4n) is 2.32. The highest BCUT2D eigenvalue weighted by atomic mass is 35.5. The molecule has 1 atom stereocenters. The second kappa shape index (κ2) is 8.88. The zero-order valence-electron chi connectivity index (χ0n) is 14.5. The van der Waals surface area contributed by atoms with E-state index in [1.54, 1.807) is 48.5 Å². The summed E-state index contributed by atoms with van der Waals surface area (Å²) in [6.45, 7) is 1.98. The van der Waals surface area contributed by atoms with Gasteiger partial charge >= 0.3 is 0 Å². The van der Waals surface area contributed by atoms with Crippen LogP contribution >= 0.6 is 23.2 Å². The molecule has 6 nitrogen and oxygen atoms in total. The van der Waals surface area contributed by atoms with E-state index in [4.69, 9.17) is 32.5 Å². The van der Waals surface area contributed by atoms with Gasteiger partial charge in [-0.15, -0.1) is 0 Å². The number of halogens is 2. The molecule has 0 radical (unpaired) electrons. The first kappa shape index (κ1) is 19.2. The summed E-state index contributed by atoms with van der Waals surface area (Å²) < 4.78 is 10.9. The van der Waals surface area contributed by atoms with Crippen LogP contribution in [0.3, 0.4) is 0 Å². The van der Waals surface area contributed by atoms with Crippen molar-refractivity contribution in [2.45, 2.75) is 26.0 Å². The van der Waals surface area contributed by atoms with Crippen molar-refractivity contribution in [2.75, 3.05) is 0 Å². The Hall–Kier alpha value is -2.57. The van der Waals surface area contributed by atoms with Gasteiger partial charge in [-0.1, -0.05) is 35.3 Å². The Balaban J connectivity index is 1.57. The van der Waals surface area contributed by atoms with Crippen LogP contribution in [0.2, 0.25) is 10.0 Å². The van der Waals surface area contributed by atoms with Crippen LogP contribution in [0.4, 0.5) is 0 Å². The minimum absolute atomic E-state index is 0.111. The Morgan fingerprint density at radius 3 is 2.37 bits per heavy atom. The predicted molar refractivity (Wildman–Crippen MR) is 103 cm³/mol. The van der Waals surface area contributed by atoms with Crippen molar-refractivity contribution in [1.82, 2.24) is 15.5 Å². The van der Waals surface area contributed by atoms with Crippen LogP contribution in [-0.4, -0.2) is 22.2 Å². The molecule has 0 spiro atoms. The number of nitrogens with one attached hydrogen (secondary N) is 1. The maximum absolute atomic E-state index is 12.4. The molecule has 1 amide bonds. The molecule has 0 bridgehead atoms. The van der Waals surface area contributed by atoms with Crippen molar-refractivity contribution < 1.29 is 14.1 Å². The Morgan fingerprint density at radius 1 is 1.11 bits per heavy atom. The molecular formula is C19H17Cl2N3O3. The standard InChI is InChI=1S/C19H17Cl2N3O3/c1-2-16(26-15-9-7-14(21)8-10-15)19(25)22-11-17-23-18(24-27-17)12-3-5-13(20)6-4-12/h3-10,16H,2,11H2,1H3,(H,22,25). The summed E-state index contributed by atoms with van der Waals surface area (Å²) >= 11 is 11.7. The maximum Gasteiger partial charge on any atom is 0.261 e. The van der Waals surface area contributed by atoms with Gasteiger partial charge in [0.15, 0.2) is 6.10 Å². The van der Waals surface area contributed by atoms with Crippen LogP contribution in [0.15, 0.2) is 53.1 Å². The largest absolute Gasteiger partial charge is 0.481 e. The summed E-state index contributed by atoms with van der Waals surface area (Å²) in [6.07, 6.45) is -0.126. The van der Waals surface area contributed by atoms with Gasteiger partial charge in [0.1, 0.15) is 5.75 Å². The quantitative estimate of drug-likeness (QED) is 0.625. The van der Waals surface area contributed by atoms with Gasteiger partial charge < -0.3 is 14.6 Å². The molecule has 8 heteroatoms. The van der Waals surface area contributed by atoms with Crippen LogP contribution in [0, 0.1) is 0 Å². The van der Waals surface area contributed by atoms with E-state index in [0.717, 1.165) is 5.56 Å². The van der Waals surface area contributed by atoms with Gasteiger partial charge in [-0.25, -0.2) is 0 Å². The highest BCUT2D eigenvalue weighted by Crippen LogP contribution is 2.19. The molecule has 0 fully saturated rings. The van der Waals surface area contributed by atoms with Gasteiger partial charge in [0.05, 0.1) is 6.54 Å². The number of hydrogen-bond acceptors (Lipinski definition) is 5. The maximum atomic E-state index is 12.4. The molecule has 1 aromatic heterocycles. The zero-order chi connectivity index (χ0) is 19.2. The summed E-state index contributed by atoms with van der Waals surface area (Å²) in [6, 6.07) is 13.9. The summed E-state index contributed by atoms with van der Waals surface area (Å²) in [4.78, 5) is 16.6. The normalized spacial score (nSPS) is 11.8. The molecule has 140 valence electrons. The molecule has 1 heterocycles. The molecule has 27 heavy (non-hydrogen) atoms. The fraction of sp³-hybridized carbons (Fsp3) is 0.211. The zero-order valence-corrected chi connectivity index (χ0v) is 16.0. The molecule has 3 aromatic rings. The minimum Gasteiger partial charge on any atom is -0.481 e. The van der Waals surface area contributed by atoms with E-state index in [0.29, 0.717) is 33.9 Å². The van der Waals surface area contributed by atoms with E-state index in [9.17, 15) is 4.79 Å².